The van der Waals surface area contributed by atoms with Crippen LogP contribution in [0.5, 0.6) is 0 Å². The molecule has 0 spiro atoms. The van der Waals surface area contributed by atoms with Gasteiger partial charge in [-0.2, -0.15) is 0 Å². The Kier molecular flexibility index (Phi) is 5.89. The number of amides is 2. The lowest BCUT2D eigenvalue weighted by Gasteiger charge is -2.20. The van der Waals surface area contributed by atoms with Gasteiger partial charge in [0.25, 0.3) is 11.8 Å². The molecule has 4 rings (SSSR count). The molecule has 152 valence electrons. The Labute approximate surface area is 176 Å². The number of hydrogen-bond donors (Lipinski definition) is 2. The molecule has 0 saturated heterocycles. The fourth-order valence-electron chi connectivity index (χ4n) is 3.82. The van der Waals surface area contributed by atoms with Gasteiger partial charge in [0.15, 0.2) is 0 Å². The molecule has 1 heterocycles. The van der Waals surface area contributed by atoms with Gasteiger partial charge in [-0.25, -0.2) is 0 Å². The van der Waals surface area contributed by atoms with Gasteiger partial charge in [0.1, 0.15) is 0 Å². The monoisotopic (exact) mass is 399 g/mol. The van der Waals surface area contributed by atoms with Gasteiger partial charge in [-0.15, -0.1) is 0 Å². The molecule has 0 fully saturated rings. The standard InChI is InChI=1S/C25H25N3O2/c1-17(19-12-11-18-6-2-3-7-20(18)14-19)27-24(29)21-8-4-10-23(15-21)28-25(30)22-9-5-13-26-16-22/h4-5,8-17H,2-3,6-7H2,1H3,(H,27,29)(H,28,30). The van der Waals surface area contributed by atoms with Crippen LogP contribution in [0.25, 0.3) is 0 Å². The highest BCUT2D eigenvalue weighted by molar-refractivity contribution is 6.04. The molecule has 1 atom stereocenters. The van der Waals surface area contributed by atoms with Gasteiger partial charge in [-0.1, -0.05) is 24.3 Å². The predicted molar refractivity (Wildman–Crippen MR) is 118 cm³/mol. The van der Waals surface area contributed by atoms with Gasteiger partial charge in [0, 0.05) is 23.6 Å². The van der Waals surface area contributed by atoms with E-state index in [1.165, 1.54) is 30.2 Å². The molecule has 1 unspecified atom stereocenters. The van der Waals surface area contributed by atoms with Crippen molar-refractivity contribution in [3.05, 3.63) is 94.8 Å². The first-order valence-electron chi connectivity index (χ1n) is 10.3. The van der Waals surface area contributed by atoms with Crippen LogP contribution in [-0.4, -0.2) is 16.8 Å². The largest absolute Gasteiger partial charge is 0.346 e. The van der Waals surface area contributed by atoms with Crippen molar-refractivity contribution in [1.29, 1.82) is 0 Å². The second-order valence-electron chi connectivity index (χ2n) is 7.71. The van der Waals surface area contributed by atoms with Gasteiger partial charge in [-0.05, 0) is 79.6 Å². The SMILES string of the molecule is CC(NC(=O)c1cccc(NC(=O)c2cccnc2)c1)c1ccc2c(c1)CCCC2. The summed E-state index contributed by atoms with van der Waals surface area (Å²) in [5, 5.41) is 5.88. The molecule has 1 aliphatic carbocycles. The van der Waals surface area contributed by atoms with Gasteiger partial charge >= 0.3 is 0 Å². The lowest BCUT2D eigenvalue weighted by molar-refractivity contribution is 0.0938. The molecule has 5 heteroatoms. The molecule has 30 heavy (non-hydrogen) atoms. The Hall–Kier alpha value is -3.47. The summed E-state index contributed by atoms with van der Waals surface area (Å²) in [6, 6.07) is 16.8. The van der Waals surface area contributed by atoms with Crippen molar-refractivity contribution in [2.75, 3.05) is 5.32 Å². The molecule has 1 aromatic heterocycles. The lowest BCUT2D eigenvalue weighted by atomic mass is 9.89. The minimum absolute atomic E-state index is 0.0987. The highest BCUT2D eigenvalue weighted by Gasteiger charge is 2.15. The molecular formula is C25H25N3O2. The number of nitrogens with one attached hydrogen (secondary N) is 2. The van der Waals surface area contributed by atoms with Crippen LogP contribution in [0, 0.1) is 0 Å². The number of aryl methyl sites for hydroxylation is 2. The van der Waals surface area contributed by atoms with Crippen molar-refractivity contribution >= 4 is 17.5 Å². The number of hydrogen-bond acceptors (Lipinski definition) is 3. The minimum Gasteiger partial charge on any atom is -0.346 e. The highest BCUT2D eigenvalue weighted by Crippen LogP contribution is 2.25. The molecule has 5 nitrogen and oxygen atoms in total. The molecular weight excluding hydrogens is 374 g/mol. The Morgan fingerprint density at radius 3 is 2.50 bits per heavy atom. The highest BCUT2D eigenvalue weighted by atomic mass is 16.2. The average molecular weight is 399 g/mol. The van der Waals surface area contributed by atoms with Gasteiger partial charge in [0.05, 0.1) is 11.6 Å². The normalized spacial score (nSPS) is 13.8. The summed E-state index contributed by atoms with van der Waals surface area (Å²) >= 11 is 0. The lowest BCUT2D eigenvalue weighted by Crippen LogP contribution is -2.27. The van der Waals surface area contributed by atoms with Crippen LogP contribution in [0.3, 0.4) is 0 Å². The van der Waals surface area contributed by atoms with Crippen molar-refractivity contribution < 1.29 is 9.59 Å². The van der Waals surface area contributed by atoms with Gasteiger partial charge < -0.3 is 10.6 Å². The van der Waals surface area contributed by atoms with E-state index in [1.807, 2.05) is 6.92 Å². The number of carbonyl (C=O) groups excluding carboxylic acids is 2. The molecule has 2 amide bonds. The minimum atomic E-state index is -0.261. The van der Waals surface area contributed by atoms with E-state index in [1.54, 1.807) is 42.6 Å². The van der Waals surface area contributed by atoms with Crippen molar-refractivity contribution in [2.45, 2.75) is 38.6 Å². The Morgan fingerprint density at radius 2 is 1.70 bits per heavy atom. The fraction of sp³-hybridized carbons (Fsp3) is 0.240. The maximum Gasteiger partial charge on any atom is 0.257 e. The zero-order valence-electron chi connectivity index (χ0n) is 17.0. The summed E-state index contributed by atoms with van der Waals surface area (Å²) in [4.78, 5) is 29.1. The van der Waals surface area contributed by atoms with E-state index in [0.29, 0.717) is 16.8 Å². The smallest absolute Gasteiger partial charge is 0.257 e. The first kappa shape index (κ1) is 19.8. The Morgan fingerprint density at radius 1 is 0.900 bits per heavy atom. The topological polar surface area (TPSA) is 71.1 Å². The van der Waals surface area contributed by atoms with Crippen molar-refractivity contribution in [3.8, 4) is 0 Å². The number of nitrogens with zero attached hydrogens (tertiary/aromatic N) is 1. The zero-order valence-corrected chi connectivity index (χ0v) is 17.0. The summed E-state index contributed by atoms with van der Waals surface area (Å²) in [5.74, 6) is -0.430. The second kappa shape index (κ2) is 8.91. The van der Waals surface area contributed by atoms with Crippen molar-refractivity contribution in [2.24, 2.45) is 0 Å². The summed E-state index contributed by atoms with van der Waals surface area (Å²) < 4.78 is 0. The first-order chi connectivity index (χ1) is 14.6. The maximum absolute atomic E-state index is 12.8. The summed E-state index contributed by atoms with van der Waals surface area (Å²) in [5.41, 5.74) is 5.49. The third kappa shape index (κ3) is 4.57. The number of aromatic nitrogens is 1. The van der Waals surface area contributed by atoms with Crippen LogP contribution in [0.1, 0.15) is 63.2 Å². The Bertz CT molecular complexity index is 1060. The Balaban J connectivity index is 1.43. The number of fused-ring (bicyclic) bond motifs is 1. The van der Waals surface area contributed by atoms with Crippen molar-refractivity contribution in [1.82, 2.24) is 10.3 Å². The summed E-state index contributed by atoms with van der Waals surface area (Å²) in [6.07, 6.45) is 7.87. The van der Waals surface area contributed by atoms with E-state index in [9.17, 15) is 9.59 Å². The molecule has 3 aromatic rings. The van der Waals surface area contributed by atoms with Crippen LogP contribution in [0.15, 0.2) is 67.0 Å². The van der Waals surface area contributed by atoms with E-state index in [0.717, 1.165) is 18.4 Å². The number of pyridine rings is 1. The van der Waals surface area contributed by atoms with Crippen LogP contribution >= 0.6 is 0 Å². The summed E-state index contributed by atoms with van der Waals surface area (Å²) in [6.45, 7) is 2.00. The zero-order chi connectivity index (χ0) is 20.9. The fourth-order valence-corrected chi connectivity index (χ4v) is 3.82. The molecule has 1 aliphatic rings. The third-order valence-electron chi connectivity index (χ3n) is 5.53. The molecule has 2 aromatic carbocycles. The average Bonchev–Trinajstić information content (AvgIpc) is 2.79. The summed E-state index contributed by atoms with van der Waals surface area (Å²) in [7, 11) is 0. The predicted octanol–water partition coefficient (Wildman–Crippen LogP) is 4.70. The van der Waals surface area contributed by atoms with Crippen molar-refractivity contribution in [3.63, 3.8) is 0 Å². The van der Waals surface area contributed by atoms with Crippen LogP contribution in [0.2, 0.25) is 0 Å². The van der Waals surface area contributed by atoms with Crippen LogP contribution < -0.4 is 10.6 Å². The molecule has 0 radical (unpaired) electrons. The maximum atomic E-state index is 12.8. The van der Waals surface area contributed by atoms with Gasteiger partial charge in [-0.3, -0.25) is 14.6 Å². The third-order valence-corrected chi connectivity index (χ3v) is 5.53. The molecule has 0 aliphatic heterocycles. The number of anilines is 1. The van der Waals surface area contributed by atoms with Crippen LogP contribution in [0.4, 0.5) is 5.69 Å². The quantitative estimate of drug-likeness (QED) is 0.653. The number of benzene rings is 2. The van der Waals surface area contributed by atoms with E-state index >= 15 is 0 Å². The van der Waals surface area contributed by atoms with Crippen LogP contribution in [-0.2, 0) is 12.8 Å². The van der Waals surface area contributed by atoms with E-state index < -0.39 is 0 Å². The molecule has 0 saturated carbocycles. The molecule has 0 bridgehead atoms. The van der Waals surface area contributed by atoms with E-state index in [4.69, 9.17) is 0 Å². The van der Waals surface area contributed by atoms with Gasteiger partial charge in [0.2, 0.25) is 0 Å². The van der Waals surface area contributed by atoms with E-state index in [-0.39, 0.29) is 17.9 Å². The molecule has 2 N–H and O–H groups in total. The van der Waals surface area contributed by atoms with E-state index in [2.05, 4.69) is 33.8 Å². The second-order valence-corrected chi connectivity index (χ2v) is 7.71. The number of carbonyl (C=O) groups is 2. The number of rotatable bonds is 5. The first-order valence-corrected chi connectivity index (χ1v) is 10.3.